The first kappa shape index (κ1) is 13.4. The Kier molecular flexibility index (Phi) is 3.17. The number of amides is 1. The molecule has 1 aromatic carbocycles. The lowest BCUT2D eigenvalue weighted by atomic mass is 9.83. The number of aromatic nitrogens is 1. The molecule has 2 bridgehead atoms. The van der Waals surface area contributed by atoms with Crippen LogP contribution in [0.25, 0.3) is 10.9 Å². The summed E-state index contributed by atoms with van der Waals surface area (Å²) in [6, 6.07) is 11.7. The molecule has 2 aliphatic heterocycles. The highest BCUT2D eigenvalue weighted by molar-refractivity contribution is 5.96. The van der Waals surface area contributed by atoms with Crippen molar-refractivity contribution in [2.45, 2.75) is 44.2 Å². The maximum Gasteiger partial charge on any atom is 0.272 e. The monoisotopic (exact) mass is 294 g/mol. The van der Waals surface area contributed by atoms with Crippen LogP contribution in [0.4, 0.5) is 0 Å². The molecule has 22 heavy (non-hydrogen) atoms. The summed E-state index contributed by atoms with van der Waals surface area (Å²) in [6.45, 7) is 0. The molecule has 2 aliphatic rings. The Morgan fingerprint density at radius 3 is 2.55 bits per heavy atom. The summed E-state index contributed by atoms with van der Waals surface area (Å²) in [5.41, 5.74) is 1.33. The average molecular weight is 294 g/mol. The van der Waals surface area contributed by atoms with E-state index < -0.39 is 0 Å². The van der Waals surface area contributed by atoms with Crippen LogP contribution in [0, 0.1) is 0 Å². The molecule has 4 rings (SSSR count). The molecule has 2 aromatic rings. The maximum absolute atomic E-state index is 12.9. The molecule has 0 saturated carbocycles. The second-order valence-corrected chi connectivity index (χ2v) is 6.29. The molecule has 2 saturated heterocycles. The van der Waals surface area contributed by atoms with Crippen LogP contribution in [0.3, 0.4) is 0 Å². The van der Waals surface area contributed by atoms with Gasteiger partial charge in [-0.05, 0) is 31.4 Å². The van der Waals surface area contributed by atoms with Crippen LogP contribution < -0.4 is 0 Å². The van der Waals surface area contributed by atoms with Crippen molar-refractivity contribution < 1.29 is 9.59 Å². The van der Waals surface area contributed by atoms with E-state index in [1.807, 2.05) is 35.2 Å². The number of piperidine rings is 2. The molecule has 1 amide bonds. The number of nitrogens with zero attached hydrogens (tertiary/aromatic N) is 2. The number of fused-ring (bicyclic) bond motifs is 3. The zero-order chi connectivity index (χ0) is 15.1. The number of Topliss-reactive ketones (excluding diaryl/α,β-unsaturated/α-hetero) is 1. The quantitative estimate of drug-likeness (QED) is 0.812. The Morgan fingerprint density at radius 2 is 1.77 bits per heavy atom. The molecule has 0 radical (unpaired) electrons. The van der Waals surface area contributed by atoms with Crippen LogP contribution in [0.15, 0.2) is 36.4 Å². The zero-order valence-electron chi connectivity index (χ0n) is 12.4. The van der Waals surface area contributed by atoms with Gasteiger partial charge in [-0.3, -0.25) is 9.59 Å². The van der Waals surface area contributed by atoms with E-state index in [4.69, 9.17) is 0 Å². The molecule has 0 spiro atoms. The molecular formula is C18H18N2O2. The smallest absolute Gasteiger partial charge is 0.272 e. The number of carbonyl (C=O) groups excluding carboxylic acids is 2. The third-order valence-corrected chi connectivity index (χ3v) is 4.84. The van der Waals surface area contributed by atoms with E-state index in [1.54, 1.807) is 6.07 Å². The van der Waals surface area contributed by atoms with E-state index in [1.165, 1.54) is 0 Å². The molecule has 3 heterocycles. The summed E-state index contributed by atoms with van der Waals surface area (Å²) in [4.78, 5) is 31.2. The number of pyridine rings is 1. The maximum atomic E-state index is 12.9. The van der Waals surface area contributed by atoms with Gasteiger partial charge < -0.3 is 4.90 Å². The fourth-order valence-electron chi connectivity index (χ4n) is 3.82. The number of ketones is 1. The third-order valence-electron chi connectivity index (χ3n) is 4.84. The van der Waals surface area contributed by atoms with Gasteiger partial charge in [0.25, 0.3) is 5.91 Å². The molecule has 4 heteroatoms. The first-order valence-electron chi connectivity index (χ1n) is 7.92. The lowest BCUT2D eigenvalue weighted by molar-refractivity contribution is -0.125. The van der Waals surface area contributed by atoms with Gasteiger partial charge in [0.15, 0.2) is 0 Å². The molecule has 1 aromatic heterocycles. The Balaban J connectivity index is 1.69. The van der Waals surface area contributed by atoms with Crippen molar-refractivity contribution in [2.75, 3.05) is 0 Å². The van der Waals surface area contributed by atoms with Crippen molar-refractivity contribution in [1.29, 1.82) is 0 Å². The first-order valence-corrected chi connectivity index (χ1v) is 7.92. The topological polar surface area (TPSA) is 50.3 Å². The number of benzene rings is 1. The zero-order valence-corrected chi connectivity index (χ0v) is 12.4. The average Bonchev–Trinajstić information content (AvgIpc) is 2.53. The fourth-order valence-corrected chi connectivity index (χ4v) is 3.82. The van der Waals surface area contributed by atoms with E-state index >= 15 is 0 Å². The molecule has 2 fully saturated rings. The number of rotatable bonds is 1. The van der Waals surface area contributed by atoms with E-state index in [0.29, 0.717) is 24.3 Å². The molecule has 0 aliphatic carbocycles. The van der Waals surface area contributed by atoms with Crippen molar-refractivity contribution in [3.8, 4) is 0 Å². The minimum absolute atomic E-state index is 0.0204. The van der Waals surface area contributed by atoms with Crippen molar-refractivity contribution in [1.82, 2.24) is 9.88 Å². The largest absolute Gasteiger partial charge is 0.330 e. The van der Waals surface area contributed by atoms with Gasteiger partial charge in [0, 0.05) is 30.3 Å². The van der Waals surface area contributed by atoms with Gasteiger partial charge in [-0.2, -0.15) is 0 Å². The van der Waals surface area contributed by atoms with Crippen LogP contribution in [0.1, 0.15) is 42.6 Å². The Morgan fingerprint density at radius 1 is 1.05 bits per heavy atom. The Labute approximate surface area is 129 Å². The van der Waals surface area contributed by atoms with Gasteiger partial charge in [0.1, 0.15) is 11.5 Å². The highest BCUT2D eigenvalue weighted by Crippen LogP contribution is 2.33. The number of hydrogen-bond acceptors (Lipinski definition) is 3. The lowest BCUT2D eigenvalue weighted by Crippen LogP contribution is -2.55. The SMILES string of the molecule is O=C1CC2CCCC(C1)N2C(=O)c1ccc2ccccc2n1. The third kappa shape index (κ3) is 2.19. The van der Waals surface area contributed by atoms with E-state index in [0.717, 1.165) is 30.2 Å². The van der Waals surface area contributed by atoms with Crippen molar-refractivity contribution in [3.63, 3.8) is 0 Å². The summed E-state index contributed by atoms with van der Waals surface area (Å²) in [6.07, 6.45) is 3.99. The van der Waals surface area contributed by atoms with Gasteiger partial charge in [-0.1, -0.05) is 24.3 Å². The predicted octanol–water partition coefficient (Wildman–Crippen LogP) is 2.96. The summed E-state index contributed by atoms with van der Waals surface area (Å²) >= 11 is 0. The minimum atomic E-state index is -0.0204. The van der Waals surface area contributed by atoms with Crippen LogP contribution >= 0.6 is 0 Å². The molecular weight excluding hydrogens is 276 g/mol. The van der Waals surface area contributed by atoms with E-state index in [9.17, 15) is 9.59 Å². The first-order chi connectivity index (χ1) is 10.7. The Bertz CT molecular complexity index is 740. The number of carbonyl (C=O) groups is 2. The van der Waals surface area contributed by atoms with Crippen LogP contribution in [0.2, 0.25) is 0 Å². The number of para-hydroxylation sites is 1. The molecule has 112 valence electrons. The van der Waals surface area contributed by atoms with Gasteiger partial charge in [0.05, 0.1) is 5.52 Å². The van der Waals surface area contributed by atoms with Gasteiger partial charge in [-0.25, -0.2) is 4.98 Å². The van der Waals surface area contributed by atoms with Gasteiger partial charge in [-0.15, -0.1) is 0 Å². The van der Waals surface area contributed by atoms with Crippen molar-refractivity contribution in [3.05, 3.63) is 42.1 Å². The molecule has 2 unspecified atom stereocenters. The van der Waals surface area contributed by atoms with Crippen molar-refractivity contribution in [2.24, 2.45) is 0 Å². The molecule has 4 nitrogen and oxygen atoms in total. The van der Waals surface area contributed by atoms with Gasteiger partial charge in [0.2, 0.25) is 0 Å². The number of hydrogen-bond donors (Lipinski definition) is 0. The summed E-state index contributed by atoms with van der Waals surface area (Å²) in [5.74, 6) is 0.276. The summed E-state index contributed by atoms with van der Waals surface area (Å²) in [5, 5.41) is 1.04. The van der Waals surface area contributed by atoms with Crippen LogP contribution in [-0.4, -0.2) is 33.7 Å². The van der Waals surface area contributed by atoms with Crippen molar-refractivity contribution >= 4 is 22.6 Å². The minimum Gasteiger partial charge on any atom is -0.330 e. The molecule has 2 atom stereocenters. The second kappa shape index (κ2) is 5.20. The summed E-state index contributed by atoms with van der Waals surface area (Å²) < 4.78 is 0. The second-order valence-electron chi connectivity index (χ2n) is 6.29. The highest BCUT2D eigenvalue weighted by Gasteiger charge is 2.40. The van der Waals surface area contributed by atoms with E-state index in [2.05, 4.69) is 4.98 Å². The Hall–Kier alpha value is -2.23. The highest BCUT2D eigenvalue weighted by atomic mass is 16.2. The fraction of sp³-hybridized carbons (Fsp3) is 0.389. The van der Waals surface area contributed by atoms with E-state index in [-0.39, 0.29) is 18.0 Å². The summed E-state index contributed by atoms with van der Waals surface area (Å²) in [7, 11) is 0. The molecule has 0 N–H and O–H groups in total. The lowest BCUT2D eigenvalue weighted by Gasteiger charge is -2.45. The predicted molar refractivity (Wildman–Crippen MR) is 83.6 cm³/mol. The van der Waals surface area contributed by atoms with Gasteiger partial charge >= 0.3 is 0 Å². The standard InChI is InChI=1S/C18H18N2O2/c21-15-10-13-5-3-6-14(11-15)20(13)18(22)17-9-8-12-4-1-2-7-16(12)19-17/h1-2,4,7-9,13-14H,3,5-6,10-11H2. The van der Waals surface area contributed by atoms with Crippen LogP contribution in [0.5, 0.6) is 0 Å². The normalized spacial score (nSPS) is 24.5. The van der Waals surface area contributed by atoms with Crippen LogP contribution in [-0.2, 0) is 4.79 Å².